The van der Waals surface area contributed by atoms with Crippen LogP contribution in [0, 0.1) is 6.92 Å². The molecule has 1 atom stereocenters. The standard InChI is InChI=1S/C14H22N2O3S/c1-9-6-12(18-4)13(19-5)7-11(9)16-14(20)15-10(2)8-17-3/h6-7,10H,8H2,1-5H3,(H2,15,16,20)/t10-/m0/s1. The molecular formula is C14H22N2O3S. The van der Waals surface area contributed by atoms with E-state index in [2.05, 4.69) is 10.6 Å². The van der Waals surface area contributed by atoms with Crippen molar-refractivity contribution in [3.05, 3.63) is 17.7 Å². The first kappa shape index (κ1) is 16.5. The van der Waals surface area contributed by atoms with E-state index < -0.39 is 0 Å². The number of hydrogen-bond donors (Lipinski definition) is 2. The number of nitrogens with one attached hydrogen (secondary N) is 2. The fraction of sp³-hybridized carbons (Fsp3) is 0.500. The Balaban J connectivity index is 2.79. The molecule has 0 aliphatic rings. The first-order valence-corrected chi connectivity index (χ1v) is 6.71. The van der Waals surface area contributed by atoms with Crippen LogP contribution in [-0.2, 0) is 4.74 Å². The van der Waals surface area contributed by atoms with Gasteiger partial charge < -0.3 is 24.8 Å². The van der Waals surface area contributed by atoms with Gasteiger partial charge in [-0.1, -0.05) is 0 Å². The summed E-state index contributed by atoms with van der Waals surface area (Å²) in [5.74, 6) is 1.36. The Morgan fingerprint density at radius 2 is 1.80 bits per heavy atom. The molecule has 0 fully saturated rings. The van der Waals surface area contributed by atoms with Crippen LogP contribution in [0.15, 0.2) is 12.1 Å². The maximum absolute atomic E-state index is 5.28. The molecule has 20 heavy (non-hydrogen) atoms. The van der Waals surface area contributed by atoms with Gasteiger partial charge in [-0.25, -0.2) is 0 Å². The van der Waals surface area contributed by atoms with Gasteiger partial charge in [-0.05, 0) is 37.7 Å². The molecule has 0 aliphatic heterocycles. The third kappa shape index (κ3) is 4.54. The van der Waals surface area contributed by atoms with E-state index >= 15 is 0 Å². The molecule has 0 aliphatic carbocycles. The van der Waals surface area contributed by atoms with Gasteiger partial charge in [-0.15, -0.1) is 0 Å². The highest BCUT2D eigenvalue weighted by atomic mass is 32.1. The lowest BCUT2D eigenvalue weighted by molar-refractivity contribution is 0.179. The number of ether oxygens (including phenoxy) is 3. The van der Waals surface area contributed by atoms with Crippen LogP contribution < -0.4 is 20.1 Å². The highest BCUT2D eigenvalue weighted by Gasteiger charge is 2.10. The SMILES string of the molecule is COC[C@H](C)NC(=S)Nc1cc(OC)c(OC)cc1C. The Hall–Kier alpha value is -1.53. The summed E-state index contributed by atoms with van der Waals surface area (Å²) in [7, 11) is 4.88. The van der Waals surface area contributed by atoms with Gasteiger partial charge in [0.05, 0.1) is 20.8 Å². The van der Waals surface area contributed by atoms with Crippen LogP contribution in [0.1, 0.15) is 12.5 Å². The average molecular weight is 298 g/mol. The number of benzene rings is 1. The van der Waals surface area contributed by atoms with E-state index in [0.717, 1.165) is 11.3 Å². The molecule has 0 aromatic heterocycles. The Morgan fingerprint density at radius 3 is 2.35 bits per heavy atom. The normalized spacial score (nSPS) is 11.7. The van der Waals surface area contributed by atoms with Crippen molar-refractivity contribution in [1.29, 1.82) is 0 Å². The van der Waals surface area contributed by atoms with Gasteiger partial charge in [-0.2, -0.15) is 0 Å². The number of aryl methyl sites for hydroxylation is 1. The molecule has 0 spiro atoms. The van der Waals surface area contributed by atoms with Gasteiger partial charge in [0.1, 0.15) is 0 Å². The highest BCUT2D eigenvalue weighted by molar-refractivity contribution is 7.80. The summed E-state index contributed by atoms with van der Waals surface area (Å²) in [6.07, 6.45) is 0. The van der Waals surface area contributed by atoms with Gasteiger partial charge in [0.2, 0.25) is 0 Å². The summed E-state index contributed by atoms with van der Waals surface area (Å²) in [6, 6.07) is 3.91. The predicted octanol–water partition coefficient (Wildman–Crippen LogP) is 2.33. The van der Waals surface area contributed by atoms with Crippen LogP contribution in [0.3, 0.4) is 0 Å². The van der Waals surface area contributed by atoms with E-state index in [9.17, 15) is 0 Å². The molecule has 0 saturated carbocycles. The van der Waals surface area contributed by atoms with Crippen LogP contribution in [0.5, 0.6) is 11.5 Å². The second-order valence-electron chi connectivity index (χ2n) is 4.48. The minimum absolute atomic E-state index is 0.139. The molecule has 1 rings (SSSR count). The fourth-order valence-electron chi connectivity index (χ4n) is 1.79. The summed E-state index contributed by atoms with van der Waals surface area (Å²) < 4.78 is 15.6. The lowest BCUT2D eigenvalue weighted by Gasteiger charge is -2.18. The molecule has 0 bridgehead atoms. The third-order valence-electron chi connectivity index (χ3n) is 2.77. The molecule has 2 N–H and O–H groups in total. The van der Waals surface area contributed by atoms with Crippen molar-refractivity contribution < 1.29 is 14.2 Å². The predicted molar refractivity (Wildman–Crippen MR) is 85.0 cm³/mol. The summed E-state index contributed by atoms with van der Waals surface area (Å²) >= 11 is 5.28. The Kier molecular flexibility index (Phi) is 6.54. The number of rotatable bonds is 6. The molecule has 0 saturated heterocycles. The van der Waals surface area contributed by atoms with Gasteiger partial charge in [0.25, 0.3) is 0 Å². The Morgan fingerprint density at radius 1 is 1.20 bits per heavy atom. The largest absolute Gasteiger partial charge is 0.493 e. The fourth-order valence-corrected chi connectivity index (χ4v) is 2.10. The van der Waals surface area contributed by atoms with Crippen LogP contribution in [-0.4, -0.2) is 39.1 Å². The van der Waals surface area contributed by atoms with Gasteiger partial charge in [0, 0.05) is 24.9 Å². The van der Waals surface area contributed by atoms with Gasteiger partial charge >= 0.3 is 0 Å². The van der Waals surface area contributed by atoms with Crippen LogP contribution in [0.25, 0.3) is 0 Å². The molecule has 5 nitrogen and oxygen atoms in total. The lowest BCUT2D eigenvalue weighted by Crippen LogP contribution is -2.38. The van der Waals surface area contributed by atoms with Crippen molar-refractivity contribution in [2.75, 3.05) is 33.3 Å². The molecule has 1 aromatic carbocycles. The van der Waals surface area contributed by atoms with E-state index in [1.54, 1.807) is 21.3 Å². The monoisotopic (exact) mass is 298 g/mol. The van der Waals surface area contributed by atoms with Crippen molar-refractivity contribution in [1.82, 2.24) is 5.32 Å². The number of methoxy groups -OCH3 is 3. The second kappa shape index (κ2) is 7.91. The van der Waals surface area contributed by atoms with Crippen molar-refractivity contribution in [3.63, 3.8) is 0 Å². The summed E-state index contributed by atoms with van der Waals surface area (Å²) in [4.78, 5) is 0. The van der Waals surface area contributed by atoms with E-state index in [-0.39, 0.29) is 6.04 Å². The molecule has 112 valence electrons. The van der Waals surface area contributed by atoms with Crippen LogP contribution in [0.2, 0.25) is 0 Å². The van der Waals surface area contributed by atoms with Crippen LogP contribution in [0.4, 0.5) is 5.69 Å². The smallest absolute Gasteiger partial charge is 0.171 e. The van der Waals surface area contributed by atoms with E-state index in [1.807, 2.05) is 26.0 Å². The van der Waals surface area contributed by atoms with E-state index in [4.69, 9.17) is 26.4 Å². The van der Waals surface area contributed by atoms with Crippen LogP contribution >= 0.6 is 12.2 Å². The molecule has 0 radical (unpaired) electrons. The second-order valence-corrected chi connectivity index (χ2v) is 4.89. The first-order valence-electron chi connectivity index (χ1n) is 6.30. The van der Waals surface area contributed by atoms with Crippen molar-refractivity contribution >= 4 is 23.0 Å². The number of thiocarbonyl (C=S) groups is 1. The number of anilines is 1. The average Bonchev–Trinajstić information content (AvgIpc) is 2.40. The summed E-state index contributed by atoms with van der Waals surface area (Å²) in [5, 5.41) is 6.85. The topological polar surface area (TPSA) is 51.8 Å². The maximum Gasteiger partial charge on any atom is 0.171 e. The first-order chi connectivity index (χ1) is 9.51. The molecule has 0 amide bonds. The summed E-state index contributed by atoms with van der Waals surface area (Å²) in [6.45, 7) is 4.57. The minimum atomic E-state index is 0.139. The minimum Gasteiger partial charge on any atom is -0.493 e. The molecular weight excluding hydrogens is 276 g/mol. The van der Waals surface area contributed by atoms with Gasteiger partial charge in [-0.3, -0.25) is 0 Å². The Labute approximate surface area is 125 Å². The van der Waals surface area contributed by atoms with E-state index in [0.29, 0.717) is 23.2 Å². The van der Waals surface area contributed by atoms with Crippen molar-refractivity contribution in [2.24, 2.45) is 0 Å². The highest BCUT2D eigenvalue weighted by Crippen LogP contribution is 2.32. The quantitative estimate of drug-likeness (QED) is 0.786. The molecule has 0 unspecified atom stereocenters. The van der Waals surface area contributed by atoms with Crippen molar-refractivity contribution in [2.45, 2.75) is 19.9 Å². The molecule has 0 heterocycles. The van der Waals surface area contributed by atoms with E-state index in [1.165, 1.54) is 0 Å². The zero-order chi connectivity index (χ0) is 15.1. The Bertz CT molecular complexity index is 466. The molecule has 6 heteroatoms. The number of hydrogen-bond acceptors (Lipinski definition) is 4. The van der Waals surface area contributed by atoms with Gasteiger partial charge in [0.15, 0.2) is 16.6 Å². The summed E-state index contributed by atoms with van der Waals surface area (Å²) in [5.41, 5.74) is 1.90. The maximum atomic E-state index is 5.28. The molecule has 1 aromatic rings. The zero-order valence-corrected chi connectivity index (χ0v) is 13.4. The third-order valence-corrected chi connectivity index (χ3v) is 2.99. The zero-order valence-electron chi connectivity index (χ0n) is 12.6. The lowest BCUT2D eigenvalue weighted by atomic mass is 10.1. The van der Waals surface area contributed by atoms with Crippen molar-refractivity contribution in [3.8, 4) is 11.5 Å².